The van der Waals surface area contributed by atoms with Crippen LogP contribution >= 0.6 is 0 Å². The van der Waals surface area contributed by atoms with Gasteiger partial charge in [0.25, 0.3) is 0 Å². The number of piperazine rings is 1. The van der Waals surface area contributed by atoms with E-state index < -0.39 is 12.0 Å². The quantitative estimate of drug-likeness (QED) is 0.621. The summed E-state index contributed by atoms with van der Waals surface area (Å²) in [5.74, 6) is -0.862. The predicted molar refractivity (Wildman–Crippen MR) is 65.2 cm³/mol. The first kappa shape index (κ1) is 14.4. The Hall–Kier alpha value is -0.690. The molecule has 0 aromatic rings. The lowest BCUT2D eigenvalue weighted by Gasteiger charge is -2.38. The number of aliphatic carboxylic acids is 1. The Morgan fingerprint density at radius 1 is 1.53 bits per heavy atom. The Balaban J connectivity index is 2.38. The zero-order chi connectivity index (χ0) is 12.8. The zero-order valence-electron chi connectivity index (χ0n) is 10.8. The average Bonchev–Trinajstić information content (AvgIpc) is 2.28. The molecule has 0 saturated carbocycles. The van der Waals surface area contributed by atoms with Crippen LogP contribution in [0.4, 0.5) is 0 Å². The molecule has 1 saturated heterocycles. The van der Waals surface area contributed by atoms with E-state index in [1.807, 2.05) is 0 Å². The Labute approximate surface area is 103 Å². The number of rotatable bonds is 6. The zero-order valence-corrected chi connectivity index (χ0v) is 10.8. The Bertz CT molecular complexity index is 250. The highest BCUT2D eigenvalue weighted by atomic mass is 16.5. The first-order valence-corrected chi connectivity index (χ1v) is 5.88. The second-order valence-corrected chi connectivity index (χ2v) is 4.65. The van der Waals surface area contributed by atoms with Gasteiger partial charge in [0, 0.05) is 39.3 Å². The highest BCUT2D eigenvalue weighted by Crippen LogP contribution is 2.05. The second-order valence-electron chi connectivity index (χ2n) is 4.65. The summed E-state index contributed by atoms with van der Waals surface area (Å²) in [5.41, 5.74) is 0. The molecule has 2 atom stereocenters. The number of hydrogen-bond donors (Lipinski definition) is 2. The minimum atomic E-state index is -0.862. The minimum Gasteiger partial charge on any atom is -0.480 e. The molecule has 1 rings (SSSR count). The Morgan fingerprint density at radius 3 is 2.82 bits per heavy atom. The Morgan fingerprint density at radius 2 is 2.24 bits per heavy atom. The highest BCUT2D eigenvalue weighted by Gasteiger charge is 2.24. The van der Waals surface area contributed by atoms with Gasteiger partial charge >= 0.3 is 5.97 Å². The third-order valence-electron chi connectivity index (χ3n) is 3.21. The van der Waals surface area contributed by atoms with Gasteiger partial charge in [-0.05, 0) is 14.1 Å². The van der Waals surface area contributed by atoms with Crippen molar-refractivity contribution in [2.75, 3.05) is 54.0 Å². The van der Waals surface area contributed by atoms with Gasteiger partial charge in [0.2, 0.25) is 0 Å². The average molecular weight is 245 g/mol. The van der Waals surface area contributed by atoms with Crippen molar-refractivity contribution < 1.29 is 14.6 Å². The molecule has 2 unspecified atom stereocenters. The number of likely N-dealkylation sites (N-methyl/N-ethyl adjacent to an activating group) is 2. The van der Waals surface area contributed by atoms with Crippen LogP contribution < -0.4 is 5.32 Å². The maximum Gasteiger partial charge on any atom is 0.323 e. The van der Waals surface area contributed by atoms with Crippen LogP contribution in [0.15, 0.2) is 0 Å². The van der Waals surface area contributed by atoms with Crippen molar-refractivity contribution in [3.63, 3.8) is 0 Å². The molecule has 0 aromatic heterocycles. The highest BCUT2D eigenvalue weighted by molar-refractivity contribution is 5.73. The van der Waals surface area contributed by atoms with Crippen molar-refractivity contribution in [3.8, 4) is 0 Å². The monoisotopic (exact) mass is 245 g/mol. The van der Waals surface area contributed by atoms with E-state index >= 15 is 0 Å². The lowest BCUT2D eigenvalue weighted by molar-refractivity contribution is -0.140. The van der Waals surface area contributed by atoms with Crippen LogP contribution in [0.25, 0.3) is 0 Å². The van der Waals surface area contributed by atoms with E-state index in [1.165, 1.54) is 7.11 Å². The molecule has 6 heteroatoms. The van der Waals surface area contributed by atoms with Gasteiger partial charge in [-0.25, -0.2) is 0 Å². The van der Waals surface area contributed by atoms with E-state index in [2.05, 4.69) is 29.2 Å². The topological polar surface area (TPSA) is 65.0 Å². The smallest absolute Gasteiger partial charge is 0.323 e. The summed E-state index contributed by atoms with van der Waals surface area (Å²) in [6, 6.07) is -0.270. The van der Waals surface area contributed by atoms with Crippen LogP contribution in [0.2, 0.25) is 0 Å². The fourth-order valence-electron chi connectivity index (χ4n) is 1.98. The number of carboxylic acid groups (broad SMARTS) is 1. The van der Waals surface area contributed by atoms with E-state index in [0.717, 1.165) is 19.6 Å². The molecule has 17 heavy (non-hydrogen) atoms. The van der Waals surface area contributed by atoms with Gasteiger partial charge < -0.3 is 20.1 Å². The fourth-order valence-corrected chi connectivity index (χ4v) is 1.98. The van der Waals surface area contributed by atoms with Crippen molar-refractivity contribution in [1.82, 2.24) is 15.1 Å². The molecule has 0 aliphatic carbocycles. The van der Waals surface area contributed by atoms with E-state index in [4.69, 9.17) is 9.84 Å². The van der Waals surface area contributed by atoms with Gasteiger partial charge in [0.15, 0.2) is 0 Å². The van der Waals surface area contributed by atoms with Gasteiger partial charge in [0.1, 0.15) is 6.04 Å². The number of methoxy groups -OCH3 is 1. The molecule has 0 bridgehead atoms. The fraction of sp³-hybridized carbons (Fsp3) is 0.909. The van der Waals surface area contributed by atoms with E-state index in [-0.39, 0.29) is 6.61 Å². The maximum atomic E-state index is 10.9. The van der Waals surface area contributed by atoms with Crippen LogP contribution in [-0.4, -0.2) is 87.0 Å². The lowest BCUT2D eigenvalue weighted by Crippen LogP contribution is -2.56. The molecule has 1 heterocycles. The number of nitrogens with zero attached hydrogens (tertiary/aromatic N) is 2. The summed E-state index contributed by atoms with van der Waals surface area (Å²) in [6.07, 6.45) is 0. The number of carbonyl (C=O) groups is 1. The minimum absolute atomic E-state index is 0.196. The summed E-state index contributed by atoms with van der Waals surface area (Å²) in [6.45, 7) is 3.91. The predicted octanol–water partition coefficient (Wildman–Crippen LogP) is -1.08. The number of ether oxygens (including phenoxy) is 1. The van der Waals surface area contributed by atoms with E-state index in [1.54, 1.807) is 0 Å². The van der Waals surface area contributed by atoms with Crippen molar-refractivity contribution >= 4 is 5.97 Å². The Kier molecular flexibility index (Phi) is 5.84. The van der Waals surface area contributed by atoms with Gasteiger partial charge in [-0.3, -0.25) is 9.69 Å². The number of carboxylic acids is 1. The molecule has 1 aliphatic rings. The molecule has 0 radical (unpaired) electrons. The molecule has 100 valence electrons. The van der Waals surface area contributed by atoms with Crippen LogP contribution in [0.3, 0.4) is 0 Å². The van der Waals surface area contributed by atoms with Gasteiger partial charge in [-0.15, -0.1) is 0 Å². The summed E-state index contributed by atoms with van der Waals surface area (Å²) in [5, 5.41) is 12.0. The van der Waals surface area contributed by atoms with Crippen LogP contribution in [0, 0.1) is 0 Å². The van der Waals surface area contributed by atoms with Gasteiger partial charge in [-0.2, -0.15) is 0 Å². The molecule has 1 fully saturated rings. The van der Waals surface area contributed by atoms with Crippen LogP contribution in [0.5, 0.6) is 0 Å². The maximum absolute atomic E-state index is 10.9. The second kappa shape index (κ2) is 6.90. The van der Waals surface area contributed by atoms with Crippen LogP contribution in [0.1, 0.15) is 0 Å². The van der Waals surface area contributed by atoms with Crippen LogP contribution in [-0.2, 0) is 9.53 Å². The normalized spacial score (nSPS) is 24.8. The lowest BCUT2D eigenvalue weighted by atomic mass is 10.1. The van der Waals surface area contributed by atoms with E-state index in [9.17, 15) is 4.79 Å². The van der Waals surface area contributed by atoms with Crippen molar-refractivity contribution in [3.05, 3.63) is 0 Å². The molecule has 6 nitrogen and oxygen atoms in total. The number of nitrogens with one attached hydrogen (secondary N) is 1. The molecule has 0 amide bonds. The third kappa shape index (κ3) is 4.59. The largest absolute Gasteiger partial charge is 0.480 e. The summed E-state index contributed by atoms with van der Waals surface area (Å²) in [7, 11) is 5.67. The molecular weight excluding hydrogens is 222 g/mol. The third-order valence-corrected chi connectivity index (χ3v) is 3.21. The first-order chi connectivity index (χ1) is 8.04. The molecule has 0 aromatic carbocycles. The summed E-state index contributed by atoms with van der Waals surface area (Å²) in [4.78, 5) is 15.5. The first-order valence-electron chi connectivity index (χ1n) is 5.88. The summed E-state index contributed by atoms with van der Waals surface area (Å²) >= 11 is 0. The standard InChI is InChI=1S/C11H23N3O3/c1-13-4-5-14(2)9(7-13)6-12-10(8-17-3)11(15)16/h9-10,12H,4-8H2,1-3H3,(H,15,16). The number of hydrogen-bond acceptors (Lipinski definition) is 5. The molecule has 1 aliphatic heterocycles. The van der Waals surface area contributed by atoms with E-state index in [0.29, 0.717) is 12.6 Å². The van der Waals surface area contributed by atoms with Gasteiger partial charge in [-0.1, -0.05) is 0 Å². The molecule has 0 spiro atoms. The van der Waals surface area contributed by atoms with Crippen molar-refractivity contribution in [2.45, 2.75) is 12.1 Å². The summed E-state index contributed by atoms with van der Waals surface area (Å²) < 4.78 is 4.89. The molecule has 2 N–H and O–H groups in total. The van der Waals surface area contributed by atoms with Crippen molar-refractivity contribution in [1.29, 1.82) is 0 Å². The van der Waals surface area contributed by atoms with Gasteiger partial charge in [0.05, 0.1) is 6.61 Å². The van der Waals surface area contributed by atoms with Crippen molar-refractivity contribution in [2.24, 2.45) is 0 Å². The molecular formula is C11H23N3O3. The SMILES string of the molecule is COCC(NCC1CN(C)CCN1C)C(=O)O.